The number of ether oxygens (including phenoxy) is 1. The second-order valence-corrected chi connectivity index (χ2v) is 7.74. The fourth-order valence-electron chi connectivity index (χ4n) is 3.18. The molecule has 2 aromatic rings. The Morgan fingerprint density at radius 3 is 2.67 bits per heavy atom. The molecule has 140 valence electrons. The number of benzene rings is 2. The third kappa shape index (κ3) is 4.26. The van der Waals surface area contributed by atoms with E-state index in [1.165, 1.54) is 11.8 Å². The van der Waals surface area contributed by atoms with E-state index in [1.807, 2.05) is 48.5 Å². The molecule has 1 saturated heterocycles. The van der Waals surface area contributed by atoms with Crippen LogP contribution in [0.15, 0.2) is 53.4 Å². The van der Waals surface area contributed by atoms with Gasteiger partial charge in [0.15, 0.2) is 0 Å². The van der Waals surface area contributed by atoms with Crippen molar-refractivity contribution in [1.29, 1.82) is 0 Å². The van der Waals surface area contributed by atoms with Crippen LogP contribution in [0, 0.1) is 0 Å². The molecule has 0 bridgehead atoms. The highest BCUT2D eigenvalue weighted by molar-refractivity contribution is 8.01. The van der Waals surface area contributed by atoms with E-state index in [0.717, 1.165) is 48.3 Å². The van der Waals surface area contributed by atoms with E-state index in [0.29, 0.717) is 0 Å². The largest absolute Gasteiger partial charge is 0.378 e. The summed E-state index contributed by atoms with van der Waals surface area (Å²) >= 11 is 1.43. The van der Waals surface area contributed by atoms with Gasteiger partial charge in [0.05, 0.1) is 24.2 Å². The van der Waals surface area contributed by atoms with Gasteiger partial charge in [-0.25, -0.2) is 0 Å². The first-order valence-electron chi connectivity index (χ1n) is 8.98. The highest BCUT2D eigenvalue weighted by Crippen LogP contribution is 2.36. The van der Waals surface area contributed by atoms with Crippen LogP contribution in [0.3, 0.4) is 0 Å². The molecule has 2 amide bonds. The molecular formula is C20H21N3O3S. The SMILES string of the molecule is O=C(CC1Sc2ccccc2NC1=O)Nc1ccc(N2CCOCC2)cc1. The number of carbonyl (C=O) groups excluding carboxylic acids is 2. The summed E-state index contributed by atoms with van der Waals surface area (Å²) < 4.78 is 5.37. The number of nitrogens with one attached hydrogen (secondary N) is 2. The molecule has 2 N–H and O–H groups in total. The number of amides is 2. The quantitative estimate of drug-likeness (QED) is 0.849. The summed E-state index contributed by atoms with van der Waals surface area (Å²) in [6.07, 6.45) is 0.135. The van der Waals surface area contributed by atoms with E-state index in [1.54, 1.807) is 0 Å². The number of fused-ring (bicyclic) bond motifs is 1. The summed E-state index contributed by atoms with van der Waals surface area (Å²) in [6.45, 7) is 3.23. The van der Waals surface area contributed by atoms with Gasteiger partial charge in [0.25, 0.3) is 0 Å². The summed E-state index contributed by atoms with van der Waals surface area (Å²) in [5.41, 5.74) is 2.66. The maximum absolute atomic E-state index is 12.4. The number of hydrogen-bond acceptors (Lipinski definition) is 5. The summed E-state index contributed by atoms with van der Waals surface area (Å²) in [6, 6.07) is 15.4. The van der Waals surface area contributed by atoms with Crippen molar-refractivity contribution in [1.82, 2.24) is 0 Å². The number of nitrogens with zero attached hydrogens (tertiary/aromatic N) is 1. The summed E-state index contributed by atoms with van der Waals surface area (Å²) in [5, 5.41) is 5.33. The molecule has 2 aliphatic rings. The molecule has 0 aromatic heterocycles. The van der Waals surface area contributed by atoms with E-state index >= 15 is 0 Å². The van der Waals surface area contributed by atoms with Gasteiger partial charge in [0.1, 0.15) is 0 Å². The van der Waals surface area contributed by atoms with Crippen LogP contribution < -0.4 is 15.5 Å². The third-order valence-corrected chi connectivity index (χ3v) is 5.88. The lowest BCUT2D eigenvalue weighted by Gasteiger charge is -2.29. The highest BCUT2D eigenvalue weighted by atomic mass is 32.2. The van der Waals surface area contributed by atoms with Crippen LogP contribution in [0.4, 0.5) is 17.1 Å². The third-order valence-electron chi connectivity index (χ3n) is 4.60. The molecule has 1 unspecified atom stereocenters. The number of para-hydroxylation sites is 1. The zero-order chi connectivity index (χ0) is 18.6. The fraction of sp³-hybridized carbons (Fsp3) is 0.300. The van der Waals surface area contributed by atoms with Crippen LogP contribution in [0.1, 0.15) is 6.42 Å². The lowest BCUT2D eigenvalue weighted by Crippen LogP contribution is -2.36. The number of hydrogen-bond donors (Lipinski definition) is 2. The van der Waals surface area contributed by atoms with Crippen LogP contribution in [0.25, 0.3) is 0 Å². The van der Waals surface area contributed by atoms with Gasteiger partial charge in [-0.2, -0.15) is 0 Å². The van der Waals surface area contributed by atoms with Gasteiger partial charge >= 0.3 is 0 Å². The Balaban J connectivity index is 1.35. The Labute approximate surface area is 162 Å². The van der Waals surface area contributed by atoms with E-state index in [9.17, 15) is 9.59 Å². The van der Waals surface area contributed by atoms with Crippen molar-refractivity contribution in [3.63, 3.8) is 0 Å². The molecule has 0 aliphatic carbocycles. The number of carbonyl (C=O) groups is 2. The van der Waals surface area contributed by atoms with Gasteiger partial charge in [-0.05, 0) is 36.4 Å². The monoisotopic (exact) mass is 383 g/mol. The van der Waals surface area contributed by atoms with Crippen LogP contribution in [0.5, 0.6) is 0 Å². The number of thioether (sulfide) groups is 1. The number of anilines is 3. The molecule has 7 heteroatoms. The lowest BCUT2D eigenvalue weighted by molar-refractivity contribution is -0.120. The van der Waals surface area contributed by atoms with E-state index in [2.05, 4.69) is 15.5 Å². The Morgan fingerprint density at radius 2 is 1.89 bits per heavy atom. The molecule has 6 nitrogen and oxygen atoms in total. The molecule has 2 aromatic carbocycles. The van der Waals surface area contributed by atoms with Crippen molar-refractivity contribution in [2.24, 2.45) is 0 Å². The summed E-state index contributed by atoms with van der Waals surface area (Å²) in [5.74, 6) is -0.294. The molecule has 1 atom stereocenters. The van der Waals surface area contributed by atoms with Crippen LogP contribution in [-0.2, 0) is 14.3 Å². The van der Waals surface area contributed by atoms with Crippen LogP contribution in [0.2, 0.25) is 0 Å². The van der Waals surface area contributed by atoms with Crippen molar-refractivity contribution >= 4 is 40.6 Å². The minimum atomic E-state index is -0.424. The topological polar surface area (TPSA) is 70.7 Å². The first-order valence-corrected chi connectivity index (χ1v) is 9.86. The van der Waals surface area contributed by atoms with E-state index in [4.69, 9.17) is 4.74 Å². The molecule has 27 heavy (non-hydrogen) atoms. The van der Waals surface area contributed by atoms with Crippen LogP contribution in [-0.4, -0.2) is 43.4 Å². The smallest absolute Gasteiger partial charge is 0.238 e. The maximum Gasteiger partial charge on any atom is 0.238 e. The minimum absolute atomic E-state index is 0.128. The van der Waals surface area contributed by atoms with E-state index < -0.39 is 5.25 Å². The van der Waals surface area contributed by atoms with Crippen LogP contribution >= 0.6 is 11.8 Å². The molecule has 0 radical (unpaired) electrons. The molecule has 0 spiro atoms. The van der Waals surface area contributed by atoms with Gasteiger partial charge < -0.3 is 20.3 Å². The van der Waals surface area contributed by atoms with Gasteiger partial charge in [-0.3, -0.25) is 9.59 Å². The Kier molecular flexibility index (Phi) is 5.31. The predicted molar refractivity (Wildman–Crippen MR) is 107 cm³/mol. The normalized spacial score (nSPS) is 19.2. The van der Waals surface area contributed by atoms with Crippen molar-refractivity contribution in [3.05, 3.63) is 48.5 Å². The first kappa shape index (κ1) is 17.9. The first-order chi connectivity index (χ1) is 13.2. The fourth-order valence-corrected chi connectivity index (χ4v) is 4.29. The Bertz CT molecular complexity index is 835. The average molecular weight is 383 g/mol. The molecule has 4 rings (SSSR count). The van der Waals surface area contributed by atoms with Gasteiger partial charge in [-0.15, -0.1) is 11.8 Å². The zero-order valence-electron chi connectivity index (χ0n) is 14.8. The summed E-state index contributed by atoms with van der Waals surface area (Å²) in [7, 11) is 0. The molecular weight excluding hydrogens is 362 g/mol. The number of morpholine rings is 1. The minimum Gasteiger partial charge on any atom is -0.378 e. The second kappa shape index (κ2) is 8.02. The van der Waals surface area contributed by atoms with Crippen molar-refractivity contribution in [2.45, 2.75) is 16.6 Å². The second-order valence-electron chi connectivity index (χ2n) is 6.49. The Hall–Kier alpha value is -2.51. The Morgan fingerprint density at radius 1 is 1.15 bits per heavy atom. The lowest BCUT2D eigenvalue weighted by atomic mass is 10.2. The van der Waals surface area contributed by atoms with Crippen molar-refractivity contribution < 1.29 is 14.3 Å². The van der Waals surface area contributed by atoms with Gasteiger partial charge in [0.2, 0.25) is 11.8 Å². The number of rotatable bonds is 4. The molecule has 1 fully saturated rings. The highest BCUT2D eigenvalue weighted by Gasteiger charge is 2.28. The zero-order valence-corrected chi connectivity index (χ0v) is 15.6. The molecule has 2 heterocycles. The molecule has 2 aliphatic heterocycles. The van der Waals surface area contributed by atoms with E-state index in [-0.39, 0.29) is 18.2 Å². The summed E-state index contributed by atoms with van der Waals surface area (Å²) in [4.78, 5) is 27.9. The maximum atomic E-state index is 12.4. The molecule has 0 saturated carbocycles. The average Bonchev–Trinajstić information content (AvgIpc) is 2.70. The van der Waals surface area contributed by atoms with Crippen molar-refractivity contribution in [3.8, 4) is 0 Å². The standard InChI is InChI=1S/C20H21N3O3S/c24-19(13-18-20(25)22-16-3-1-2-4-17(16)27-18)21-14-5-7-15(8-6-14)23-9-11-26-12-10-23/h1-8,18H,9-13H2,(H,21,24)(H,22,25). The van der Waals surface area contributed by atoms with Gasteiger partial charge in [0, 0.05) is 35.8 Å². The predicted octanol–water partition coefficient (Wildman–Crippen LogP) is 2.96. The van der Waals surface area contributed by atoms with Gasteiger partial charge in [-0.1, -0.05) is 12.1 Å². The van der Waals surface area contributed by atoms with Crippen molar-refractivity contribution in [2.75, 3.05) is 41.8 Å².